The molecule has 7 aromatic carbocycles. The van der Waals surface area contributed by atoms with Crippen LogP contribution >= 0.6 is 0 Å². The molecule has 1 aliphatic rings. The highest BCUT2D eigenvalue weighted by molar-refractivity contribution is 5.87. The molecule has 2 atom stereocenters. The highest BCUT2D eigenvalue weighted by atomic mass is 15.1. The van der Waals surface area contributed by atoms with Gasteiger partial charge >= 0.3 is 0 Å². The van der Waals surface area contributed by atoms with Crippen LogP contribution in [0.1, 0.15) is 18.4 Å². The van der Waals surface area contributed by atoms with Crippen LogP contribution in [0.4, 0.5) is 11.4 Å². The molecule has 0 N–H and O–H groups in total. The lowest BCUT2D eigenvalue weighted by Gasteiger charge is -2.31. The van der Waals surface area contributed by atoms with Crippen LogP contribution in [-0.4, -0.2) is 0 Å². The summed E-state index contributed by atoms with van der Waals surface area (Å²) in [6.07, 6.45) is 7.09. The Hall–Kier alpha value is -6.18. The van der Waals surface area contributed by atoms with Gasteiger partial charge in [0.2, 0.25) is 0 Å². The number of hydrogen-bond donors (Lipinski definition) is 0. The normalized spacial score (nSPS) is 15.3. The molecule has 0 amide bonds. The Morgan fingerprint density at radius 1 is 0.400 bits per heavy atom. The molecule has 1 aliphatic carbocycles. The third-order valence-corrected chi connectivity index (χ3v) is 9.80. The molecule has 0 aliphatic heterocycles. The summed E-state index contributed by atoms with van der Waals surface area (Å²) < 4.78 is 0. The summed E-state index contributed by atoms with van der Waals surface area (Å²) in [6, 6.07) is 67.6. The Kier molecular flexibility index (Phi) is 8.79. The largest absolute Gasteiger partial charge is 0.311 e. The Morgan fingerprint density at radius 2 is 0.840 bits per heavy atom. The van der Waals surface area contributed by atoms with Crippen molar-refractivity contribution in [3.05, 3.63) is 218 Å². The van der Waals surface area contributed by atoms with E-state index in [-0.39, 0.29) is 0 Å². The van der Waals surface area contributed by atoms with E-state index < -0.39 is 0 Å². The van der Waals surface area contributed by atoms with Crippen LogP contribution in [0.15, 0.2) is 212 Å². The molecule has 0 spiro atoms. The van der Waals surface area contributed by atoms with Gasteiger partial charge in [0, 0.05) is 23.0 Å². The summed E-state index contributed by atoms with van der Waals surface area (Å²) in [5, 5.41) is 0. The molecule has 0 aromatic heterocycles. The second-order valence-corrected chi connectivity index (χ2v) is 13.0. The van der Waals surface area contributed by atoms with E-state index in [0.717, 1.165) is 11.4 Å². The molecule has 0 bridgehead atoms. The van der Waals surface area contributed by atoms with E-state index in [4.69, 9.17) is 0 Å². The van der Waals surface area contributed by atoms with Crippen molar-refractivity contribution in [1.29, 1.82) is 0 Å². The second-order valence-electron chi connectivity index (χ2n) is 13.0. The van der Waals surface area contributed by atoms with E-state index in [1.807, 2.05) is 0 Å². The first-order chi connectivity index (χ1) is 24.7. The Labute approximate surface area is 296 Å². The Balaban J connectivity index is 1.16. The van der Waals surface area contributed by atoms with Crippen LogP contribution in [0.25, 0.3) is 44.5 Å². The minimum atomic E-state index is 0.349. The van der Waals surface area contributed by atoms with Crippen molar-refractivity contribution in [2.24, 2.45) is 5.92 Å². The Morgan fingerprint density at radius 3 is 1.38 bits per heavy atom. The van der Waals surface area contributed by atoms with Gasteiger partial charge in [0.15, 0.2) is 0 Å². The van der Waals surface area contributed by atoms with E-state index >= 15 is 0 Å². The standard InChI is InChI=1S/C49H39N/c1-36-34-46(31-33-47(36)40-16-8-3-9-17-40)50(44-27-22-38(23-28-44)37-14-6-2-7-15-37)45-29-24-39(25-30-45)43-26-32-48(41-18-10-4-11-19-41)49(35-43)42-20-12-5-13-21-42/h2-36,47H,1H3. The number of allylic oxidation sites excluding steroid dienone is 3. The first kappa shape index (κ1) is 31.1. The van der Waals surface area contributed by atoms with Crippen LogP contribution in [0.5, 0.6) is 0 Å². The highest BCUT2D eigenvalue weighted by Crippen LogP contribution is 2.40. The SMILES string of the molecule is CC1C=C(N(c2ccc(-c3ccccc3)cc2)c2ccc(-c3ccc(-c4ccccc4)c(-c4ccccc4)c3)cc2)C=CC1c1ccccc1. The molecule has 240 valence electrons. The van der Waals surface area contributed by atoms with E-state index in [2.05, 4.69) is 218 Å². The molecule has 0 radical (unpaired) electrons. The fourth-order valence-electron chi connectivity index (χ4n) is 7.18. The first-order valence-corrected chi connectivity index (χ1v) is 17.5. The van der Waals surface area contributed by atoms with Gasteiger partial charge in [-0.15, -0.1) is 0 Å². The summed E-state index contributed by atoms with van der Waals surface area (Å²) in [5.74, 6) is 0.699. The Bertz CT molecular complexity index is 2230. The van der Waals surface area contributed by atoms with Crippen molar-refractivity contribution in [3.8, 4) is 44.5 Å². The number of rotatable bonds is 8. The molecule has 2 unspecified atom stereocenters. The van der Waals surface area contributed by atoms with Crippen LogP contribution in [0.2, 0.25) is 0 Å². The van der Waals surface area contributed by atoms with Crippen molar-refractivity contribution in [3.63, 3.8) is 0 Å². The van der Waals surface area contributed by atoms with Gasteiger partial charge in [-0.05, 0) is 92.4 Å². The smallest absolute Gasteiger partial charge is 0.0461 e. The molecule has 0 saturated carbocycles. The van der Waals surface area contributed by atoms with Gasteiger partial charge in [-0.1, -0.05) is 177 Å². The third kappa shape index (κ3) is 6.46. The molecule has 1 heteroatoms. The van der Waals surface area contributed by atoms with Gasteiger partial charge in [0.1, 0.15) is 0 Å². The zero-order chi connectivity index (χ0) is 33.7. The summed E-state index contributed by atoms with van der Waals surface area (Å²) >= 11 is 0. The van der Waals surface area contributed by atoms with Crippen molar-refractivity contribution in [2.75, 3.05) is 4.90 Å². The van der Waals surface area contributed by atoms with E-state index in [9.17, 15) is 0 Å². The minimum Gasteiger partial charge on any atom is -0.311 e. The van der Waals surface area contributed by atoms with E-state index in [1.165, 1.54) is 55.8 Å². The van der Waals surface area contributed by atoms with Gasteiger partial charge in [0.05, 0.1) is 0 Å². The number of nitrogens with zero attached hydrogens (tertiary/aromatic N) is 1. The molecular formula is C49H39N. The topological polar surface area (TPSA) is 3.24 Å². The van der Waals surface area contributed by atoms with Crippen molar-refractivity contribution >= 4 is 11.4 Å². The van der Waals surface area contributed by atoms with E-state index in [0.29, 0.717) is 11.8 Å². The van der Waals surface area contributed by atoms with Crippen molar-refractivity contribution < 1.29 is 0 Å². The average Bonchev–Trinajstić information content (AvgIpc) is 3.20. The van der Waals surface area contributed by atoms with Gasteiger partial charge in [-0.3, -0.25) is 0 Å². The van der Waals surface area contributed by atoms with Gasteiger partial charge < -0.3 is 4.90 Å². The molecule has 0 fully saturated rings. The molecular weight excluding hydrogens is 603 g/mol. The third-order valence-electron chi connectivity index (χ3n) is 9.80. The number of anilines is 2. The fraction of sp³-hybridized carbons (Fsp3) is 0.0612. The minimum absolute atomic E-state index is 0.349. The molecule has 1 nitrogen and oxygen atoms in total. The predicted molar refractivity (Wildman–Crippen MR) is 212 cm³/mol. The summed E-state index contributed by atoms with van der Waals surface area (Å²) in [6.45, 7) is 2.32. The summed E-state index contributed by atoms with van der Waals surface area (Å²) in [7, 11) is 0. The molecule has 0 saturated heterocycles. The van der Waals surface area contributed by atoms with Gasteiger partial charge in [-0.25, -0.2) is 0 Å². The predicted octanol–water partition coefficient (Wildman–Crippen LogP) is 13.4. The van der Waals surface area contributed by atoms with Crippen LogP contribution in [0, 0.1) is 5.92 Å². The lowest BCUT2D eigenvalue weighted by molar-refractivity contribution is 0.628. The number of benzene rings is 7. The monoisotopic (exact) mass is 641 g/mol. The zero-order valence-electron chi connectivity index (χ0n) is 28.2. The first-order valence-electron chi connectivity index (χ1n) is 17.5. The quantitative estimate of drug-likeness (QED) is 0.160. The maximum absolute atomic E-state index is 2.42. The second kappa shape index (κ2) is 14.1. The maximum Gasteiger partial charge on any atom is 0.0461 e. The van der Waals surface area contributed by atoms with Crippen molar-refractivity contribution in [1.82, 2.24) is 0 Å². The molecule has 8 rings (SSSR count). The average molecular weight is 642 g/mol. The van der Waals surface area contributed by atoms with Gasteiger partial charge in [-0.2, -0.15) is 0 Å². The zero-order valence-corrected chi connectivity index (χ0v) is 28.2. The molecule has 7 aromatic rings. The van der Waals surface area contributed by atoms with Crippen LogP contribution < -0.4 is 4.90 Å². The van der Waals surface area contributed by atoms with Crippen LogP contribution in [-0.2, 0) is 0 Å². The fourth-order valence-corrected chi connectivity index (χ4v) is 7.18. The molecule has 0 heterocycles. The highest BCUT2D eigenvalue weighted by Gasteiger charge is 2.23. The molecule has 50 heavy (non-hydrogen) atoms. The summed E-state index contributed by atoms with van der Waals surface area (Å²) in [4.78, 5) is 2.39. The lowest BCUT2D eigenvalue weighted by Crippen LogP contribution is -2.20. The number of hydrogen-bond acceptors (Lipinski definition) is 1. The van der Waals surface area contributed by atoms with Gasteiger partial charge in [0.25, 0.3) is 0 Å². The van der Waals surface area contributed by atoms with Crippen molar-refractivity contribution in [2.45, 2.75) is 12.8 Å². The van der Waals surface area contributed by atoms with E-state index in [1.54, 1.807) is 0 Å². The maximum atomic E-state index is 2.42. The van der Waals surface area contributed by atoms with Crippen LogP contribution in [0.3, 0.4) is 0 Å². The lowest BCUT2D eigenvalue weighted by atomic mass is 9.83. The summed E-state index contributed by atoms with van der Waals surface area (Å²) in [5.41, 5.74) is 14.5.